The van der Waals surface area contributed by atoms with Crippen LogP contribution in [0.4, 0.5) is 0 Å². The monoisotopic (exact) mass is 492 g/mol. The number of ketones is 1. The Morgan fingerprint density at radius 1 is 1.40 bits per heavy atom. The predicted molar refractivity (Wildman–Crippen MR) is 117 cm³/mol. The van der Waals surface area contributed by atoms with E-state index in [0.717, 1.165) is 30.3 Å². The number of carbonyl (C=O) groups excluding carboxylic acids is 1. The number of aromatic nitrogens is 4. The van der Waals surface area contributed by atoms with Crippen LogP contribution >= 0.6 is 27.5 Å². The van der Waals surface area contributed by atoms with Gasteiger partial charge in [0.25, 0.3) is 0 Å². The van der Waals surface area contributed by atoms with Crippen molar-refractivity contribution in [3.8, 4) is 0 Å². The molecule has 0 aromatic carbocycles. The fraction of sp³-hybridized carbons (Fsp3) is 0.429. The normalized spacial score (nSPS) is 17.4. The molecular weight excluding hydrogens is 472 g/mol. The number of hydrogen-bond donors (Lipinski definition) is 0. The van der Waals surface area contributed by atoms with Crippen molar-refractivity contribution in [2.45, 2.75) is 44.9 Å². The maximum atomic E-state index is 13.2. The second-order valence-corrected chi connectivity index (χ2v) is 9.15. The average molecular weight is 494 g/mol. The second kappa shape index (κ2) is 8.70. The molecule has 1 saturated heterocycles. The lowest BCUT2D eigenvalue weighted by Gasteiger charge is -2.31. The van der Waals surface area contributed by atoms with E-state index in [2.05, 4.69) is 30.9 Å². The number of rotatable bonds is 6. The van der Waals surface area contributed by atoms with Gasteiger partial charge >= 0.3 is 0 Å². The quantitative estimate of drug-likeness (QED) is 0.364. The van der Waals surface area contributed by atoms with E-state index in [1.165, 1.54) is 0 Å². The molecule has 0 saturated carbocycles. The highest BCUT2D eigenvalue weighted by atomic mass is 79.9. The fourth-order valence-corrected chi connectivity index (χ4v) is 3.97. The SMILES string of the molecule is CC(C)(COC1CCCCO1)n1cc(C(=O)c2cc(Br)ccn2)c2cnc(Cl)nc21. The molecule has 1 unspecified atom stereocenters. The summed E-state index contributed by atoms with van der Waals surface area (Å²) in [4.78, 5) is 25.9. The van der Waals surface area contributed by atoms with Crippen LogP contribution in [0.5, 0.6) is 0 Å². The van der Waals surface area contributed by atoms with Crippen LogP contribution in [0.1, 0.15) is 49.2 Å². The first kappa shape index (κ1) is 21.4. The largest absolute Gasteiger partial charge is 0.353 e. The molecule has 1 aliphatic rings. The van der Waals surface area contributed by atoms with Crippen molar-refractivity contribution >= 4 is 44.3 Å². The molecule has 7 nitrogen and oxygen atoms in total. The number of nitrogens with zero attached hydrogens (tertiary/aromatic N) is 4. The van der Waals surface area contributed by atoms with E-state index >= 15 is 0 Å². The number of hydrogen-bond acceptors (Lipinski definition) is 6. The van der Waals surface area contributed by atoms with Gasteiger partial charge in [0.05, 0.1) is 17.7 Å². The highest BCUT2D eigenvalue weighted by Crippen LogP contribution is 2.30. The summed E-state index contributed by atoms with van der Waals surface area (Å²) >= 11 is 9.47. The fourth-order valence-electron chi connectivity index (χ4n) is 3.50. The Morgan fingerprint density at radius 3 is 2.97 bits per heavy atom. The van der Waals surface area contributed by atoms with Gasteiger partial charge in [-0.2, -0.15) is 4.98 Å². The molecular formula is C21H22BrClN4O3. The molecule has 3 aromatic heterocycles. The molecule has 0 radical (unpaired) electrons. The molecule has 158 valence electrons. The van der Waals surface area contributed by atoms with E-state index in [1.807, 2.05) is 18.4 Å². The van der Waals surface area contributed by atoms with E-state index in [1.54, 1.807) is 30.7 Å². The zero-order valence-corrected chi connectivity index (χ0v) is 19.1. The number of carbonyl (C=O) groups is 1. The molecule has 0 bridgehead atoms. The minimum absolute atomic E-state index is 0.119. The van der Waals surface area contributed by atoms with Crippen molar-refractivity contribution in [2.75, 3.05) is 13.2 Å². The minimum atomic E-state index is -0.500. The lowest BCUT2D eigenvalue weighted by atomic mass is 10.1. The van der Waals surface area contributed by atoms with Crippen molar-refractivity contribution in [1.29, 1.82) is 0 Å². The summed E-state index contributed by atoms with van der Waals surface area (Å²) in [6.45, 7) is 5.16. The third-order valence-corrected chi connectivity index (χ3v) is 5.80. The van der Waals surface area contributed by atoms with Gasteiger partial charge in [-0.15, -0.1) is 0 Å². The zero-order chi connectivity index (χ0) is 21.3. The molecule has 4 heterocycles. The highest BCUT2D eigenvalue weighted by Gasteiger charge is 2.29. The van der Waals surface area contributed by atoms with Crippen molar-refractivity contribution < 1.29 is 14.3 Å². The zero-order valence-electron chi connectivity index (χ0n) is 16.8. The van der Waals surface area contributed by atoms with Crippen molar-refractivity contribution in [3.05, 3.63) is 51.7 Å². The maximum absolute atomic E-state index is 13.2. The van der Waals surface area contributed by atoms with Gasteiger partial charge in [0.1, 0.15) is 11.3 Å². The molecule has 1 atom stereocenters. The number of halogens is 2. The van der Waals surface area contributed by atoms with E-state index in [4.69, 9.17) is 21.1 Å². The van der Waals surface area contributed by atoms with Gasteiger partial charge in [0.15, 0.2) is 6.29 Å². The molecule has 0 N–H and O–H groups in total. The van der Waals surface area contributed by atoms with Crippen LogP contribution in [0, 0.1) is 0 Å². The second-order valence-electron chi connectivity index (χ2n) is 7.90. The first-order chi connectivity index (χ1) is 14.3. The molecule has 4 rings (SSSR count). The van der Waals surface area contributed by atoms with Crippen LogP contribution in [-0.4, -0.2) is 44.8 Å². The van der Waals surface area contributed by atoms with Crippen LogP contribution in [-0.2, 0) is 15.0 Å². The summed E-state index contributed by atoms with van der Waals surface area (Å²) in [6.07, 6.45) is 7.79. The number of ether oxygens (including phenoxy) is 2. The van der Waals surface area contributed by atoms with Crippen LogP contribution in [0.25, 0.3) is 11.0 Å². The third-order valence-electron chi connectivity index (χ3n) is 5.13. The molecule has 0 aliphatic carbocycles. The Labute approximate surface area is 187 Å². The number of pyridine rings is 1. The lowest BCUT2D eigenvalue weighted by molar-refractivity contribution is -0.174. The van der Waals surface area contributed by atoms with Crippen LogP contribution in [0.2, 0.25) is 5.28 Å². The summed E-state index contributed by atoms with van der Waals surface area (Å²) in [5.41, 5.74) is 0.878. The summed E-state index contributed by atoms with van der Waals surface area (Å²) in [7, 11) is 0. The Hall–Kier alpha value is -1.87. The summed E-state index contributed by atoms with van der Waals surface area (Å²) < 4.78 is 14.4. The molecule has 3 aromatic rings. The molecule has 9 heteroatoms. The standard InChI is InChI=1S/C21H22BrClN4O3/c1-21(2,12-30-17-5-3-4-8-29-17)27-11-15(14-10-25-20(23)26-19(14)27)18(28)16-9-13(22)6-7-24-16/h6-7,9-11,17H,3-5,8,12H2,1-2H3. The third kappa shape index (κ3) is 4.42. The van der Waals surface area contributed by atoms with Crippen molar-refractivity contribution in [2.24, 2.45) is 0 Å². The van der Waals surface area contributed by atoms with Crippen molar-refractivity contribution in [1.82, 2.24) is 19.5 Å². The Balaban J connectivity index is 1.70. The molecule has 1 fully saturated rings. The average Bonchev–Trinajstić information content (AvgIpc) is 3.12. The van der Waals surface area contributed by atoms with Crippen molar-refractivity contribution in [3.63, 3.8) is 0 Å². The summed E-state index contributed by atoms with van der Waals surface area (Å²) in [6, 6.07) is 3.47. The first-order valence-electron chi connectivity index (χ1n) is 9.79. The minimum Gasteiger partial charge on any atom is -0.353 e. The van der Waals surface area contributed by atoms with Gasteiger partial charge in [-0.25, -0.2) is 4.98 Å². The van der Waals surface area contributed by atoms with E-state index < -0.39 is 5.54 Å². The van der Waals surface area contributed by atoms with E-state index in [9.17, 15) is 4.79 Å². The van der Waals surface area contributed by atoms with E-state index in [-0.39, 0.29) is 17.4 Å². The van der Waals surface area contributed by atoms with Gasteiger partial charge in [-0.3, -0.25) is 9.78 Å². The predicted octanol–water partition coefficient (Wildman–Crippen LogP) is 4.75. The van der Waals surface area contributed by atoms with E-state index in [0.29, 0.717) is 28.9 Å². The topological polar surface area (TPSA) is 79.1 Å². The molecule has 30 heavy (non-hydrogen) atoms. The Morgan fingerprint density at radius 2 is 2.23 bits per heavy atom. The molecule has 0 amide bonds. The molecule has 1 aliphatic heterocycles. The smallest absolute Gasteiger partial charge is 0.224 e. The number of fused-ring (bicyclic) bond motifs is 1. The Kier molecular flexibility index (Phi) is 6.20. The first-order valence-corrected chi connectivity index (χ1v) is 11.0. The lowest BCUT2D eigenvalue weighted by Crippen LogP contribution is -2.35. The van der Waals surface area contributed by atoms with Gasteiger partial charge in [-0.05, 0) is 56.8 Å². The summed E-state index contributed by atoms with van der Waals surface area (Å²) in [5.74, 6) is -0.210. The highest BCUT2D eigenvalue weighted by molar-refractivity contribution is 9.10. The Bertz CT molecular complexity index is 1080. The van der Waals surface area contributed by atoms with Gasteiger partial charge in [-0.1, -0.05) is 15.9 Å². The van der Waals surface area contributed by atoms with Gasteiger partial charge in [0, 0.05) is 35.1 Å². The van der Waals surface area contributed by atoms with Crippen LogP contribution in [0.3, 0.4) is 0 Å². The molecule has 0 spiro atoms. The van der Waals surface area contributed by atoms with Crippen LogP contribution < -0.4 is 0 Å². The summed E-state index contributed by atoms with van der Waals surface area (Å²) in [5, 5.41) is 0.738. The van der Waals surface area contributed by atoms with Crippen LogP contribution in [0.15, 0.2) is 35.2 Å². The van der Waals surface area contributed by atoms with Gasteiger partial charge < -0.3 is 14.0 Å². The maximum Gasteiger partial charge on any atom is 0.224 e. The van der Waals surface area contributed by atoms with Gasteiger partial charge in [0.2, 0.25) is 11.1 Å².